The standard InChI is InChI=1S/C32H37ClN8O2/c1-20-4-2-7-29(39-14-11-21(17-30(39)42)25-18-23(33)8-9-28(25)40(35)15-12-34)26-16-22(10-13-36-26)31-27(38-32(20)43)19-37-41(31)24-5-3-6-24/h8-10,12-13,15-20,24,29H,2-7,11,14,34-35H2,1H3,(H,38,43)/b15-12-. The summed E-state index contributed by atoms with van der Waals surface area (Å²) in [6, 6.07) is 9.49. The summed E-state index contributed by atoms with van der Waals surface area (Å²) < 4.78 is 2.05. The number of nitrogens with two attached hydrogens (primary N) is 2. The molecule has 1 saturated carbocycles. The Balaban J connectivity index is 1.37. The number of amides is 2. The lowest BCUT2D eigenvalue weighted by Gasteiger charge is -2.35. The van der Waals surface area contributed by atoms with Gasteiger partial charge < -0.3 is 16.0 Å². The van der Waals surface area contributed by atoms with Gasteiger partial charge in [0.1, 0.15) is 0 Å². The maximum absolute atomic E-state index is 13.8. The normalized spacial score (nSPS) is 21.4. The molecule has 5 N–H and O–H groups in total. The van der Waals surface area contributed by atoms with Crippen LogP contribution in [0.25, 0.3) is 16.8 Å². The highest BCUT2D eigenvalue weighted by atomic mass is 35.5. The Hall–Kier alpha value is -4.15. The quantitative estimate of drug-likeness (QED) is 0.258. The van der Waals surface area contributed by atoms with Crippen molar-refractivity contribution in [1.82, 2.24) is 19.7 Å². The smallest absolute Gasteiger partial charge is 0.247 e. The highest BCUT2D eigenvalue weighted by Crippen LogP contribution is 2.41. The molecule has 1 fully saturated rings. The number of hydrazine groups is 1. The number of benzene rings is 1. The average molecular weight is 601 g/mol. The van der Waals surface area contributed by atoms with E-state index >= 15 is 0 Å². The molecule has 2 aromatic heterocycles. The number of rotatable bonds is 5. The first-order valence-corrected chi connectivity index (χ1v) is 15.3. The Labute approximate surface area is 256 Å². The molecule has 2 bridgehead atoms. The summed E-state index contributed by atoms with van der Waals surface area (Å²) in [4.78, 5) is 33.7. The minimum absolute atomic E-state index is 0.0156. The lowest BCUT2D eigenvalue weighted by Crippen LogP contribution is -2.38. The second-order valence-corrected chi connectivity index (χ2v) is 12.0. The molecule has 1 aliphatic carbocycles. The van der Waals surface area contributed by atoms with Crippen molar-refractivity contribution in [3.63, 3.8) is 0 Å². The van der Waals surface area contributed by atoms with Crippen molar-refractivity contribution in [2.45, 2.75) is 64.0 Å². The molecule has 3 aliphatic rings. The molecule has 0 spiro atoms. The van der Waals surface area contributed by atoms with Gasteiger partial charge in [0.2, 0.25) is 11.8 Å². The van der Waals surface area contributed by atoms with E-state index in [1.807, 2.05) is 34.7 Å². The van der Waals surface area contributed by atoms with E-state index in [-0.39, 0.29) is 23.8 Å². The van der Waals surface area contributed by atoms with Crippen molar-refractivity contribution in [2.75, 3.05) is 16.9 Å². The zero-order valence-corrected chi connectivity index (χ0v) is 25.0. The average Bonchev–Trinajstić information content (AvgIpc) is 3.36. The molecule has 6 rings (SSSR count). The number of carbonyl (C=O) groups is 2. The van der Waals surface area contributed by atoms with Gasteiger partial charge in [0.05, 0.1) is 41.0 Å². The summed E-state index contributed by atoms with van der Waals surface area (Å²) in [5.41, 5.74) is 11.3. The molecule has 224 valence electrons. The number of nitrogens with zero attached hydrogens (tertiary/aromatic N) is 5. The summed E-state index contributed by atoms with van der Waals surface area (Å²) >= 11 is 6.36. The Kier molecular flexibility index (Phi) is 8.23. The molecule has 3 aromatic rings. The fourth-order valence-corrected chi connectivity index (χ4v) is 6.41. The van der Waals surface area contributed by atoms with Gasteiger partial charge in [0.15, 0.2) is 0 Å². The van der Waals surface area contributed by atoms with E-state index in [4.69, 9.17) is 33.3 Å². The molecule has 0 radical (unpaired) electrons. The predicted molar refractivity (Wildman–Crippen MR) is 168 cm³/mol. The molecule has 2 amide bonds. The zero-order chi connectivity index (χ0) is 30.1. The first-order chi connectivity index (χ1) is 20.8. The topological polar surface area (TPSA) is 135 Å². The minimum atomic E-state index is -0.242. The van der Waals surface area contributed by atoms with Gasteiger partial charge in [-0.2, -0.15) is 5.10 Å². The summed E-state index contributed by atoms with van der Waals surface area (Å²) in [6.45, 7) is 2.46. The van der Waals surface area contributed by atoms with E-state index in [0.717, 1.165) is 53.0 Å². The molecule has 43 heavy (non-hydrogen) atoms. The number of hydrogen-bond acceptors (Lipinski definition) is 7. The van der Waals surface area contributed by atoms with Gasteiger partial charge in [-0.25, -0.2) is 5.84 Å². The molecular formula is C32H37ClN8O2. The number of nitrogens with one attached hydrogen (secondary N) is 1. The van der Waals surface area contributed by atoms with Gasteiger partial charge in [0.25, 0.3) is 0 Å². The van der Waals surface area contributed by atoms with Crippen LogP contribution in [0.2, 0.25) is 5.02 Å². The van der Waals surface area contributed by atoms with E-state index in [0.29, 0.717) is 42.6 Å². The predicted octanol–water partition coefficient (Wildman–Crippen LogP) is 5.55. The summed E-state index contributed by atoms with van der Waals surface area (Å²) in [5.74, 6) is 5.91. The van der Waals surface area contributed by atoms with Crippen molar-refractivity contribution in [3.8, 4) is 11.3 Å². The fourth-order valence-electron chi connectivity index (χ4n) is 6.24. The van der Waals surface area contributed by atoms with E-state index < -0.39 is 0 Å². The lowest BCUT2D eigenvalue weighted by molar-refractivity contribution is -0.129. The molecule has 2 aliphatic heterocycles. The second-order valence-electron chi connectivity index (χ2n) is 11.6. The monoisotopic (exact) mass is 600 g/mol. The maximum atomic E-state index is 13.8. The van der Waals surface area contributed by atoms with Crippen molar-refractivity contribution in [2.24, 2.45) is 17.5 Å². The van der Waals surface area contributed by atoms with Crippen LogP contribution < -0.4 is 21.9 Å². The van der Waals surface area contributed by atoms with Gasteiger partial charge >= 0.3 is 0 Å². The SMILES string of the molecule is CC1CCCC(N2CCC(c3cc(Cl)ccc3N(N)/C=C\N)=CC2=O)c2cc(ccn2)-c2c(cnn2C2CCC2)NC1=O. The number of hydrogen-bond donors (Lipinski definition) is 3. The third kappa shape index (κ3) is 5.77. The third-order valence-corrected chi connectivity index (χ3v) is 9.08. The van der Waals surface area contributed by atoms with Crippen LogP contribution in [0.1, 0.15) is 75.2 Å². The van der Waals surface area contributed by atoms with Crippen LogP contribution in [-0.2, 0) is 9.59 Å². The summed E-state index contributed by atoms with van der Waals surface area (Å²) in [7, 11) is 0. The van der Waals surface area contributed by atoms with Crippen LogP contribution in [0.5, 0.6) is 0 Å². The van der Waals surface area contributed by atoms with Crippen LogP contribution in [0.4, 0.5) is 11.4 Å². The van der Waals surface area contributed by atoms with Crippen LogP contribution >= 0.6 is 11.6 Å². The molecule has 2 atom stereocenters. The Morgan fingerprint density at radius 1 is 1.12 bits per heavy atom. The molecule has 2 unspecified atom stereocenters. The Bertz CT molecular complexity index is 1590. The largest absolute Gasteiger partial charge is 0.403 e. The fraction of sp³-hybridized carbons (Fsp3) is 0.375. The Morgan fingerprint density at radius 2 is 1.93 bits per heavy atom. The van der Waals surface area contributed by atoms with Crippen LogP contribution in [-0.4, -0.2) is 38.0 Å². The van der Waals surface area contributed by atoms with Crippen LogP contribution in [0, 0.1) is 5.92 Å². The van der Waals surface area contributed by atoms with E-state index in [9.17, 15) is 9.59 Å². The van der Waals surface area contributed by atoms with Crippen LogP contribution in [0.15, 0.2) is 61.2 Å². The molecule has 4 heterocycles. The summed E-state index contributed by atoms with van der Waals surface area (Å²) in [6.07, 6.45) is 14.2. The number of anilines is 2. The van der Waals surface area contributed by atoms with Crippen molar-refractivity contribution >= 4 is 40.4 Å². The van der Waals surface area contributed by atoms with Gasteiger partial charge in [-0.1, -0.05) is 24.9 Å². The molecule has 0 saturated heterocycles. The van der Waals surface area contributed by atoms with Crippen LogP contribution in [0.3, 0.4) is 0 Å². The van der Waals surface area contributed by atoms with Crippen molar-refractivity contribution < 1.29 is 9.59 Å². The second kappa shape index (κ2) is 12.2. The van der Waals surface area contributed by atoms with Gasteiger partial charge in [-0.15, -0.1) is 0 Å². The maximum Gasteiger partial charge on any atom is 0.247 e. The number of aromatic nitrogens is 3. The Morgan fingerprint density at radius 3 is 2.67 bits per heavy atom. The third-order valence-electron chi connectivity index (χ3n) is 8.84. The molecular weight excluding hydrogens is 564 g/mol. The zero-order valence-electron chi connectivity index (χ0n) is 24.2. The van der Waals surface area contributed by atoms with E-state index in [1.165, 1.54) is 17.6 Å². The molecule has 1 aromatic carbocycles. The number of halogens is 1. The van der Waals surface area contributed by atoms with E-state index in [1.54, 1.807) is 30.7 Å². The number of carbonyl (C=O) groups excluding carboxylic acids is 2. The highest BCUT2D eigenvalue weighted by Gasteiger charge is 2.32. The molecule has 10 nitrogen and oxygen atoms in total. The van der Waals surface area contributed by atoms with Gasteiger partial charge in [0, 0.05) is 53.3 Å². The lowest BCUT2D eigenvalue weighted by atomic mass is 9.92. The number of fused-ring (bicyclic) bond motifs is 4. The summed E-state index contributed by atoms with van der Waals surface area (Å²) in [5, 5.41) is 9.81. The van der Waals surface area contributed by atoms with Gasteiger partial charge in [-0.05, 0) is 74.4 Å². The van der Waals surface area contributed by atoms with Crippen molar-refractivity contribution in [1.29, 1.82) is 0 Å². The first kappa shape index (κ1) is 28.9. The minimum Gasteiger partial charge on any atom is -0.403 e. The molecule has 11 heteroatoms. The van der Waals surface area contributed by atoms with E-state index in [2.05, 4.69) is 11.4 Å². The first-order valence-electron chi connectivity index (χ1n) is 14.9. The van der Waals surface area contributed by atoms with Crippen molar-refractivity contribution in [3.05, 3.63) is 77.5 Å². The number of pyridine rings is 1. The van der Waals surface area contributed by atoms with Gasteiger partial charge in [-0.3, -0.25) is 24.3 Å². The highest BCUT2D eigenvalue weighted by molar-refractivity contribution is 6.31.